The summed E-state index contributed by atoms with van der Waals surface area (Å²) in [4.78, 5) is 16.7. The van der Waals surface area contributed by atoms with E-state index in [0.717, 1.165) is 16.2 Å². The average molecular weight is 365 g/mol. The number of nitrogens with zero attached hydrogens (tertiary/aromatic N) is 3. The van der Waals surface area contributed by atoms with Gasteiger partial charge < -0.3 is 5.32 Å². The number of thiazole rings is 1. The van der Waals surface area contributed by atoms with E-state index >= 15 is 0 Å². The van der Waals surface area contributed by atoms with E-state index in [1.807, 2.05) is 17.0 Å². The summed E-state index contributed by atoms with van der Waals surface area (Å²) in [7, 11) is -3.87. The third-order valence-corrected chi connectivity index (χ3v) is 5.54. The van der Waals surface area contributed by atoms with Gasteiger partial charge in [0, 0.05) is 18.3 Å². The highest BCUT2D eigenvalue weighted by molar-refractivity contribution is 7.90. The molecule has 0 unspecified atom stereocenters. The Hall–Kier alpha value is -2.46. The van der Waals surface area contributed by atoms with Crippen LogP contribution in [0.3, 0.4) is 0 Å². The van der Waals surface area contributed by atoms with Crippen molar-refractivity contribution in [2.45, 2.75) is 18.2 Å². The van der Waals surface area contributed by atoms with Crippen LogP contribution in [0, 0.1) is 6.92 Å². The van der Waals surface area contributed by atoms with E-state index in [1.165, 1.54) is 29.8 Å². The van der Waals surface area contributed by atoms with Crippen LogP contribution in [0.25, 0.3) is 4.96 Å². The first-order valence-corrected chi connectivity index (χ1v) is 9.45. The summed E-state index contributed by atoms with van der Waals surface area (Å²) in [5.74, 6) is 0. The lowest BCUT2D eigenvalue weighted by Gasteiger charge is -2.08. The van der Waals surface area contributed by atoms with Crippen molar-refractivity contribution in [3.8, 4) is 0 Å². The van der Waals surface area contributed by atoms with Gasteiger partial charge in [-0.2, -0.15) is 5.10 Å². The SMILES string of the molecule is Cc1ccc(S(=O)(=O)NC(=O)NCCc2csc3ncnn23)cc1. The molecule has 2 amide bonds. The van der Waals surface area contributed by atoms with E-state index in [4.69, 9.17) is 0 Å². The largest absolute Gasteiger partial charge is 0.337 e. The van der Waals surface area contributed by atoms with Crippen LogP contribution in [0.5, 0.6) is 0 Å². The zero-order valence-electron chi connectivity index (χ0n) is 12.8. The molecule has 2 N–H and O–H groups in total. The summed E-state index contributed by atoms with van der Waals surface area (Å²) >= 11 is 1.45. The molecule has 1 aromatic carbocycles. The highest BCUT2D eigenvalue weighted by atomic mass is 32.2. The summed E-state index contributed by atoms with van der Waals surface area (Å²) in [5.41, 5.74) is 1.84. The fraction of sp³-hybridized carbons (Fsp3) is 0.214. The van der Waals surface area contributed by atoms with E-state index in [2.05, 4.69) is 15.4 Å². The number of hydrogen-bond donors (Lipinski definition) is 2. The molecule has 8 nitrogen and oxygen atoms in total. The Kier molecular flexibility index (Phi) is 4.49. The first-order valence-electron chi connectivity index (χ1n) is 7.09. The molecule has 24 heavy (non-hydrogen) atoms. The van der Waals surface area contributed by atoms with Gasteiger partial charge >= 0.3 is 6.03 Å². The molecule has 0 radical (unpaired) electrons. The Morgan fingerprint density at radius 2 is 2.04 bits per heavy atom. The molecule has 2 heterocycles. The van der Waals surface area contributed by atoms with Gasteiger partial charge in [-0.05, 0) is 19.1 Å². The lowest BCUT2D eigenvalue weighted by Crippen LogP contribution is -2.40. The molecular weight excluding hydrogens is 350 g/mol. The third kappa shape index (κ3) is 3.54. The number of aromatic nitrogens is 3. The summed E-state index contributed by atoms with van der Waals surface area (Å²) in [6, 6.07) is 5.49. The number of benzene rings is 1. The number of fused-ring (bicyclic) bond motifs is 1. The minimum atomic E-state index is -3.87. The van der Waals surface area contributed by atoms with Crippen molar-refractivity contribution >= 4 is 32.4 Å². The Balaban J connectivity index is 1.55. The highest BCUT2D eigenvalue weighted by Crippen LogP contribution is 2.13. The number of hydrogen-bond acceptors (Lipinski definition) is 6. The van der Waals surface area contributed by atoms with Gasteiger partial charge in [0.25, 0.3) is 10.0 Å². The monoisotopic (exact) mass is 365 g/mol. The van der Waals surface area contributed by atoms with Crippen molar-refractivity contribution in [2.24, 2.45) is 0 Å². The molecule has 0 saturated heterocycles. The molecule has 3 rings (SSSR count). The number of carbonyl (C=O) groups excluding carboxylic acids is 1. The number of carbonyl (C=O) groups is 1. The zero-order valence-corrected chi connectivity index (χ0v) is 14.4. The maximum absolute atomic E-state index is 12.1. The van der Waals surface area contributed by atoms with Crippen molar-refractivity contribution in [1.29, 1.82) is 0 Å². The molecule has 3 aromatic rings. The highest BCUT2D eigenvalue weighted by Gasteiger charge is 2.17. The fourth-order valence-corrected chi connectivity index (χ4v) is 3.84. The predicted octanol–water partition coefficient (Wildman–Crippen LogP) is 1.33. The van der Waals surface area contributed by atoms with Gasteiger partial charge in [-0.25, -0.2) is 27.4 Å². The molecule has 0 aliphatic rings. The molecule has 0 fully saturated rings. The normalized spacial score (nSPS) is 11.5. The molecule has 0 bridgehead atoms. The van der Waals surface area contributed by atoms with E-state index in [1.54, 1.807) is 16.6 Å². The quantitative estimate of drug-likeness (QED) is 0.710. The van der Waals surface area contributed by atoms with Crippen LogP contribution in [0.2, 0.25) is 0 Å². The van der Waals surface area contributed by atoms with E-state index in [-0.39, 0.29) is 11.4 Å². The number of sulfonamides is 1. The third-order valence-electron chi connectivity index (χ3n) is 3.31. The molecule has 10 heteroatoms. The van der Waals surface area contributed by atoms with Crippen LogP contribution >= 0.6 is 11.3 Å². The molecule has 0 spiro atoms. The smallest absolute Gasteiger partial charge is 0.328 e. The Morgan fingerprint density at radius 3 is 2.79 bits per heavy atom. The first-order chi connectivity index (χ1) is 11.5. The summed E-state index contributed by atoms with van der Waals surface area (Å²) in [5, 5.41) is 8.50. The maximum atomic E-state index is 12.1. The number of amides is 2. The Bertz CT molecular complexity index is 960. The van der Waals surface area contributed by atoms with Crippen molar-refractivity contribution < 1.29 is 13.2 Å². The van der Waals surface area contributed by atoms with Crippen LogP contribution < -0.4 is 10.0 Å². The standard InChI is InChI=1S/C14H15N5O3S2/c1-10-2-4-12(5-3-10)24(21,22)18-13(20)15-7-6-11-8-23-14-16-9-17-19(11)14/h2-5,8-9H,6-7H2,1H3,(H2,15,18,20). The predicted molar refractivity (Wildman–Crippen MR) is 89.5 cm³/mol. The van der Waals surface area contributed by atoms with E-state index < -0.39 is 16.1 Å². The fourth-order valence-electron chi connectivity index (χ4n) is 2.08. The van der Waals surface area contributed by atoms with Gasteiger partial charge in [0.1, 0.15) is 6.33 Å². The molecule has 0 saturated carbocycles. The number of aryl methyl sites for hydroxylation is 1. The van der Waals surface area contributed by atoms with Crippen LogP contribution in [-0.2, 0) is 16.4 Å². The van der Waals surface area contributed by atoms with Gasteiger partial charge in [-0.3, -0.25) is 0 Å². The van der Waals surface area contributed by atoms with Gasteiger partial charge in [0.2, 0.25) is 4.96 Å². The van der Waals surface area contributed by atoms with Gasteiger partial charge in [0.05, 0.1) is 10.6 Å². The lowest BCUT2D eigenvalue weighted by atomic mass is 10.2. The van der Waals surface area contributed by atoms with Crippen molar-refractivity contribution in [3.05, 3.63) is 47.2 Å². The molecule has 0 aliphatic heterocycles. The minimum Gasteiger partial charge on any atom is -0.337 e. The molecule has 0 aliphatic carbocycles. The van der Waals surface area contributed by atoms with Crippen LogP contribution in [0.4, 0.5) is 4.79 Å². The van der Waals surface area contributed by atoms with Gasteiger partial charge in [0.15, 0.2) is 0 Å². The first kappa shape index (κ1) is 16.4. The summed E-state index contributed by atoms with van der Waals surface area (Å²) in [6.07, 6.45) is 1.98. The van der Waals surface area contributed by atoms with Gasteiger partial charge in [-0.1, -0.05) is 17.7 Å². The zero-order chi connectivity index (χ0) is 17.2. The second kappa shape index (κ2) is 6.57. The number of nitrogens with one attached hydrogen (secondary N) is 2. The van der Waals surface area contributed by atoms with Crippen molar-refractivity contribution in [2.75, 3.05) is 6.54 Å². The lowest BCUT2D eigenvalue weighted by molar-refractivity contribution is 0.246. The molecule has 126 valence electrons. The van der Waals surface area contributed by atoms with Gasteiger partial charge in [-0.15, -0.1) is 11.3 Å². The van der Waals surface area contributed by atoms with Crippen LogP contribution in [0.1, 0.15) is 11.3 Å². The van der Waals surface area contributed by atoms with E-state index in [0.29, 0.717) is 6.42 Å². The molecular formula is C14H15N5O3S2. The van der Waals surface area contributed by atoms with Crippen molar-refractivity contribution in [3.63, 3.8) is 0 Å². The Labute approximate surface area is 142 Å². The maximum Gasteiger partial charge on any atom is 0.328 e. The number of rotatable bonds is 5. The minimum absolute atomic E-state index is 0.0467. The van der Waals surface area contributed by atoms with Crippen LogP contribution in [-0.4, -0.2) is 35.6 Å². The second-order valence-corrected chi connectivity index (χ2v) is 7.62. The summed E-state index contributed by atoms with van der Waals surface area (Å²) in [6.45, 7) is 2.13. The van der Waals surface area contributed by atoms with Crippen LogP contribution in [0.15, 0.2) is 40.9 Å². The average Bonchev–Trinajstić information content (AvgIpc) is 3.12. The second-order valence-electron chi connectivity index (χ2n) is 5.11. The Morgan fingerprint density at radius 1 is 1.29 bits per heavy atom. The topological polar surface area (TPSA) is 105 Å². The van der Waals surface area contributed by atoms with Crippen molar-refractivity contribution in [1.82, 2.24) is 24.6 Å². The summed E-state index contributed by atoms with van der Waals surface area (Å²) < 4.78 is 27.9. The molecule has 0 atom stereocenters. The number of urea groups is 1. The molecule has 2 aromatic heterocycles. The van der Waals surface area contributed by atoms with E-state index in [9.17, 15) is 13.2 Å².